The summed E-state index contributed by atoms with van der Waals surface area (Å²) >= 11 is 0. The van der Waals surface area contributed by atoms with Gasteiger partial charge in [-0.05, 0) is 30.5 Å². The van der Waals surface area contributed by atoms with Gasteiger partial charge in [0.15, 0.2) is 0 Å². The van der Waals surface area contributed by atoms with Crippen LogP contribution in [0.2, 0.25) is 0 Å². The van der Waals surface area contributed by atoms with Gasteiger partial charge in [0.05, 0.1) is 0 Å². The van der Waals surface area contributed by atoms with Gasteiger partial charge in [0.25, 0.3) is 5.91 Å². The van der Waals surface area contributed by atoms with Crippen molar-refractivity contribution < 1.29 is 9.59 Å². The molecule has 18 heavy (non-hydrogen) atoms. The van der Waals surface area contributed by atoms with E-state index in [4.69, 9.17) is 0 Å². The maximum absolute atomic E-state index is 11.6. The number of amides is 2. The molecule has 2 rings (SSSR count). The molecule has 0 aromatic heterocycles. The molecule has 2 N–H and O–H groups in total. The molecule has 96 valence electrons. The van der Waals surface area contributed by atoms with Crippen LogP contribution >= 0.6 is 0 Å². The van der Waals surface area contributed by atoms with Crippen molar-refractivity contribution >= 4 is 11.8 Å². The molecule has 1 aliphatic rings. The minimum absolute atomic E-state index is 0.0972. The van der Waals surface area contributed by atoms with Gasteiger partial charge in [-0.2, -0.15) is 0 Å². The highest BCUT2D eigenvalue weighted by Crippen LogP contribution is 2.26. The van der Waals surface area contributed by atoms with Crippen molar-refractivity contribution in [2.75, 3.05) is 7.05 Å². The summed E-state index contributed by atoms with van der Waals surface area (Å²) in [5, 5.41) is 5.50. The number of hydrogen-bond donors (Lipinski definition) is 2. The minimum atomic E-state index is -0.0972. The van der Waals surface area contributed by atoms with Gasteiger partial charge in [0, 0.05) is 25.1 Å². The Hall–Kier alpha value is -1.84. The van der Waals surface area contributed by atoms with Crippen LogP contribution in [-0.4, -0.2) is 18.9 Å². The van der Waals surface area contributed by atoms with Gasteiger partial charge >= 0.3 is 0 Å². The summed E-state index contributed by atoms with van der Waals surface area (Å²) in [6.07, 6.45) is 3.20. The molecule has 0 unspecified atom stereocenters. The smallest absolute Gasteiger partial charge is 0.251 e. The standard InChI is InChI=1S/C14H18N2O2/c1-15-13(17)12-7-5-10(6-8-12)9-16-14(18)11-3-2-4-11/h5-8,11H,2-4,9H2,1H3,(H,15,17)(H,16,18). The Labute approximate surface area is 107 Å². The normalized spacial score (nSPS) is 14.7. The van der Waals surface area contributed by atoms with Gasteiger partial charge in [-0.15, -0.1) is 0 Å². The van der Waals surface area contributed by atoms with E-state index in [1.165, 1.54) is 6.42 Å². The van der Waals surface area contributed by atoms with E-state index in [-0.39, 0.29) is 17.7 Å². The highest BCUT2D eigenvalue weighted by atomic mass is 16.2. The fraction of sp³-hybridized carbons (Fsp3) is 0.429. The van der Waals surface area contributed by atoms with Crippen molar-refractivity contribution in [2.24, 2.45) is 5.92 Å². The first kappa shape index (κ1) is 12.6. The van der Waals surface area contributed by atoms with Gasteiger partial charge in [-0.3, -0.25) is 9.59 Å². The quantitative estimate of drug-likeness (QED) is 0.845. The summed E-state index contributed by atoms with van der Waals surface area (Å²) < 4.78 is 0. The van der Waals surface area contributed by atoms with Gasteiger partial charge in [0.2, 0.25) is 5.91 Å². The molecule has 1 saturated carbocycles. The van der Waals surface area contributed by atoms with E-state index in [1.807, 2.05) is 12.1 Å². The first-order valence-electron chi connectivity index (χ1n) is 6.29. The highest BCUT2D eigenvalue weighted by Gasteiger charge is 2.24. The first-order chi connectivity index (χ1) is 8.70. The molecule has 1 fully saturated rings. The van der Waals surface area contributed by atoms with Crippen molar-refractivity contribution in [3.8, 4) is 0 Å². The van der Waals surface area contributed by atoms with Crippen LogP contribution < -0.4 is 10.6 Å². The molecule has 0 saturated heterocycles. The molecule has 0 atom stereocenters. The number of carbonyl (C=O) groups excluding carboxylic acids is 2. The van der Waals surface area contributed by atoms with Gasteiger partial charge in [0.1, 0.15) is 0 Å². The van der Waals surface area contributed by atoms with E-state index in [2.05, 4.69) is 10.6 Å². The van der Waals surface area contributed by atoms with E-state index < -0.39 is 0 Å². The third kappa shape index (κ3) is 2.88. The average Bonchev–Trinajstić information content (AvgIpc) is 2.34. The zero-order valence-electron chi connectivity index (χ0n) is 10.5. The molecule has 1 aromatic carbocycles. The fourth-order valence-electron chi connectivity index (χ4n) is 1.92. The van der Waals surface area contributed by atoms with Crippen molar-refractivity contribution in [1.29, 1.82) is 0 Å². The zero-order chi connectivity index (χ0) is 13.0. The molecule has 0 heterocycles. The molecule has 0 radical (unpaired) electrons. The number of carbonyl (C=O) groups is 2. The number of hydrogen-bond acceptors (Lipinski definition) is 2. The third-order valence-corrected chi connectivity index (χ3v) is 3.39. The zero-order valence-corrected chi connectivity index (χ0v) is 10.5. The van der Waals surface area contributed by atoms with Gasteiger partial charge in [-0.25, -0.2) is 0 Å². The summed E-state index contributed by atoms with van der Waals surface area (Å²) in [6, 6.07) is 7.27. The van der Waals surface area contributed by atoms with E-state index in [0.717, 1.165) is 18.4 Å². The van der Waals surface area contributed by atoms with Crippen molar-refractivity contribution in [2.45, 2.75) is 25.8 Å². The minimum Gasteiger partial charge on any atom is -0.355 e. The molecule has 0 spiro atoms. The maximum Gasteiger partial charge on any atom is 0.251 e. The number of rotatable bonds is 4. The number of benzene rings is 1. The topological polar surface area (TPSA) is 58.2 Å². The first-order valence-corrected chi connectivity index (χ1v) is 6.29. The molecule has 1 aromatic rings. The van der Waals surface area contributed by atoms with Crippen LogP contribution in [0.15, 0.2) is 24.3 Å². The second-order valence-electron chi connectivity index (χ2n) is 4.62. The summed E-state index contributed by atoms with van der Waals surface area (Å²) in [5.41, 5.74) is 1.64. The molecule has 0 bridgehead atoms. The van der Waals surface area contributed by atoms with Crippen molar-refractivity contribution in [1.82, 2.24) is 10.6 Å². The highest BCUT2D eigenvalue weighted by molar-refractivity contribution is 5.93. The molecule has 4 heteroatoms. The monoisotopic (exact) mass is 246 g/mol. The molecular weight excluding hydrogens is 228 g/mol. The fourth-order valence-corrected chi connectivity index (χ4v) is 1.92. The summed E-state index contributed by atoms with van der Waals surface area (Å²) in [7, 11) is 1.61. The Bertz CT molecular complexity index is 436. The molecule has 0 aliphatic heterocycles. The van der Waals surface area contributed by atoms with E-state index in [0.29, 0.717) is 12.1 Å². The Balaban J connectivity index is 1.86. The Morgan fingerprint density at radius 1 is 1.22 bits per heavy atom. The lowest BCUT2D eigenvalue weighted by atomic mass is 9.85. The molecule has 2 amide bonds. The average molecular weight is 246 g/mol. The van der Waals surface area contributed by atoms with Crippen molar-refractivity contribution in [3.05, 3.63) is 35.4 Å². The second-order valence-corrected chi connectivity index (χ2v) is 4.62. The van der Waals surface area contributed by atoms with Crippen LogP contribution in [0.5, 0.6) is 0 Å². The van der Waals surface area contributed by atoms with E-state index in [9.17, 15) is 9.59 Å². The molecule has 1 aliphatic carbocycles. The van der Waals surface area contributed by atoms with Gasteiger partial charge in [-0.1, -0.05) is 18.6 Å². The Kier molecular flexibility index (Phi) is 3.97. The van der Waals surface area contributed by atoms with Crippen LogP contribution in [0.3, 0.4) is 0 Å². The molecule has 4 nitrogen and oxygen atoms in total. The summed E-state index contributed by atoms with van der Waals surface area (Å²) in [5.74, 6) is 0.270. The summed E-state index contributed by atoms with van der Waals surface area (Å²) in [4.78, 5) is 23.0. The largest absolute Gasteiger partial charge is 0.355 e. The van der Waals surface area contributed by atoms with Crippen LogP contribution in [0.1, 0.15) is 35.2 Å². The Morgan fingerprint density at radius 2 is 1.89 bits per heavy atom. The van der Waals surface area contributed by atoms with E-state index >= 15 is 0 Å². The Morgan fingerprint density at radius 3 is 2.39 bits per heavy atom. The van der Waals surface area contributed by atoms with E-state index in [1.54, 1.807) is 19.2 Å². The third-order valence-electron chi connectivity index (χ3n) is 3.39. The van der Waals surface area contributed by atoms with Gasteiger partial charge < -0.3 is 10.6 Å². The number of nitrogens with one attached hydrogen (secondary N) is 2. The lowest BCUT2D eigenvalue weighted by Gasteiger charge is -2.24. The van der Waals surface area contributed by atoms with Crippen LogP contribution in [0, 0.1) is 5.92 Å². The van der Waals surface area contributed by atoms with Crippen LogP contribution in [0.4, 0.5) is 0 Å². The lowest BCUT2D eigenvalue weighted by Crippen LogP contribution is -2.33. The SMILES string of the molecule is CNC(=O)c1ccc(CNC(=O)C2CCC2)cc1. The predicted molar refractivity (Wildman–Crippen MR) is 69.0 cm³/mol. The maximum atomic E-state index is 11.6. The van der Waals surface area contributed by atoms with Crippen LogP contribution in [0.25, 0.3) is 0 Å². The lowest BCUT2D eigenvalue weighted by molar-refractivity contribution is -0.127. The predicted octanol–water partition coefficient (Wildman–Crippen LogP) is 1.46. The van der Waals surface area contributed by atoms with Crippen LogP contribution in [-0.2, 0) is 11.3 Å². The van der Waals surface area contributed by atoms with Crippen molar-refractivity contribution in [3.63, 3.8) is 0 Å². The summed E-state index contributed by atoms with van der Waals surface area (Å²) in [6.45, 7) is 0.531. The second kappa shape index (κ2) is 5.67. The molecular formula is C14H18N2O2.